The van der Waals surface area contributed by atoms with Gasteiger partial charge in [0.2, 0.25) is 0 Å². The number of aryl methyl sites for hydroxylation is 1. The number of hydrogen-bond acceptors (Lipinski definition) is 5. The topological polar surface area (TPSA) is 87.2 Å². The summed E-state index contributed by atoms with van der Waals surface area (Å²) in [6.07, 6.45) is 4.72. The van der Waals surface area contributed by atoms with Crippen molar-refractivity contribution in [1.29, 1.82) is 0 Å². The first-order chi connectivity index (χ1) is 13.2. The Hall–Kier alpha value is -3.12. The smallest absolute Gasteiger partial charge is 0.330 e. The second kappa shape index (κ2) is 9.00. The van der Waals surface area contributed by atoms with E-state index in [2.05, 4.69) is 26.1 Å². The normalized spacial score (nSPS) is 11.2. The van der Waals surface area contributed by atoms with E-state index in [-0.39, 0.29) is 12.6 Å². The summed E-state index contributed by atoms with van der Waals surface area (Å²) >= 11 is 0. The Morgan fingerprint density at radius 3 is 2.96 bits per heavy atom. The van der Waals surface area contributed by atoms with Crippen molar-refractivity contribution in [2.45, 2.75) is 19.4 Å². The summed E-state index contributed by atoms with van der Waals surface area (Å²) in [5.74, 6) is 0.440. The third-order valence-electron chi connectivity index (χ3n) is 4.23. The molecule has 1 aromatic heterocycles. The zero-order valence-corrected chi connectivity index (χ0v) is 15.2. The molecule has 3 rings (SSSR count). The molecule has 0 spiro atoms. The Kier molecular flexibility index (Phi) is 6.22. The average molecular weight is 365 g/mol. The molecular weight excluding hydrogens is 342 g/mol. The van der Waals surface area contributed by atoms with E-state index in [4.69, 9.17) is 5.11 Å². The lowest BCUT2D eigenvalue weighted by molar-refractivity contribution is -0.134. The quantitative estimate of drug-likeness (QED) is 0.421. The summed E-state index contributed by atoms with van der Waals surface area (Å²) < 4.78 is 4.63. The fourth-order valence-corrected chi connectivity index (χ4v) is 2.84. The first-order valence-corrected chi connectivity index (χ1v) is 8.87. The molecule has 140 valence electrons. The number of nitrogens with one attached hydrogen (secondary N) is 2. The van der Waals surface area contributed by atoms with E-state index in [9.17, 15) is 4.79 Å². The van der Waals surface area contributed by atoms with Crippen LogP contribution in [0.25, 0.3) is 17.1 Å². The summed E-state index contributed by atoms with van der Waals surface area (Å²) in [6.45, 7) is 0.726. The Bertz CT molecular complexity index is 947. The highest BCUT2D eigenvalue weighted by molar-refractivity contribution is 5.88. The van der Waals surface area contributed by atoms with E-state index in [1.165, 1.54) is 18.7 Å². The minimum Gasteiger partial charge on any atom is -0.466 e. The van der Waals surface area contributed by atoms with Gasteiger partial charge in [-0.2, -0.15) is 0 Å². The number of nitrogens with zero attached hydrogens (tertiary/aromatic N) is 1. The van der Waals surface area contributed by atoms with E-state index < -0.39 is 0 Å². The third-order valence-corrected chi connectivity index (χ3v) is 4.23. The molecule has 0 amide bonds. The second-order valence-corrected chi connectivity index (χ2v) is 6.16. The maximum Gasteiger partial charge on any atom is 0.330 e. The minimum absolute atomic E-state index is 0.194. The maximum atomic E-state index is 11.3. The minimum atomic E-state index is -0.390. The number of ether oxygens (including phenoxy) is 1. The molecule has 2 aromatic carbocycles. The molecule has 1 heterocycles. The molecule has 3 aromatic rings. The predicted molar refractivity (Wildman–Crippen MR) is 106 cm³/mol. The highest BCUT2D eigenvalue weighted by Crippen LogP contribution is 2.19. The molecule has 0 fully saturated rings. The lowest BCUT2D eigenvalue weighted by atomic mass is 10.1. The summed E-state index contributed by atoms with van der Waals surface area (Å²) in [5, 5.41) is 12.3. The van der Waals surface area contributed by atoms with Gasteiger partial charge in [0.25, 0.3) is 0 Å². The van der Waals surface area contributed by atoms with Crippen LogP contribution in [0.3, 0.4) is 0 Å². The van der Waals surface area contributed by atoms with Crippen LogP contribution in [0.2, 0.25) is 0 Å². The third kappa shape index (κ3) is 4.95. The van der Waals surface area contributed by atoms with Gasteiger partial charge in [0.1, 0.15) is 5.82 Å². The molecule has 0 aliphatic rings. The van der Waals surface area contributed by atoms with Crippen LogP contribution in [-0.2, 0) is 22.5 Å². The van der Waals surface area contributed by atoms with E-state index in [1.807, 2.05) is 36.4 Å². The number of fused-ring (bicyclic) bond motifs is 1. The Morgan fingerprint density at radius 2 is 2.15 bits per heavy atom. The molecule has 6 heteroatoms. The Balaban J connectivity index is 1.71. The highest BCUT2D eigenvalue weighted by atomic mass is 16.5. The molecule has 6 nitrogen and oxygen atoms in total. The number of rotatable bonds is 8. The fourth-order valence-electron chi connectivity index (χ4n) is 2.84. The first kappa shape index (κ1) is 18.7. The van der Waals surface area contributed by atoms with Crippen LogP contribution >= 0.6 is 0 Å². The van der Waals surface area contributed by atoms with Crippen molar-refractivity contribution in [2.24, 2.45) is 0 Å². The Morgan fingerprint density at radius 1 is 1.30 bits per heavy atom. The van der Waals surface area contributed by atoms with Gasteiger partial charge in [-0.15, -0.1) is 0 Å². The number of carbonyl (C=O) groups is 1. The van der Waals surface area contributed by atoms with Gasteiger partial charge in [-0.3, -0.25) is 0 Å². The number of H-pyrrole nitrogens is 1. The summed E-state index contributed by atoms with van der Waals surface area (Å²) in [4.78, 5) is 19.3. The summed E-state index contributed by atoms with van der Waals surface area (Å²) in [6, 6.07) is 13.8. The van der Waals surface area contributed by atoms with Crippen molar-refractivity contribution in [1.82, 2.24) is 9.97 Å². The summed E-state index contributed by atoms with van der Waals surface area (Å²) in [7, 11) is 1.35. The number of esters is 1. The monoisotopic (exact) mass is 365 g/mol. The number of anilines is 1. The van der Waals surface area contributed by atoms with Crippen LogP contribution in [0, 0.1) is 0 Å². The van der Waals surface area contributed by atoms with Crippen molar-refractivity contribution in [2.75, 3.05) is 19.0 Å². The molecule has 0 saturated heterocycles. The number of aliphatic hydroxyl groups excluding tert-OH is 1. The van der Waals surface area contributed by atoms with Crippen LogP contribution in [0.15, 0.2) is 48.5 Å². The largest absolute Gasteiger partial charge is 0.466 e. The van der Waals surface area contributed by atoms with E-state index in [0.717, 1.165) is 41.0 Å². The number of hydrogen-bond donors (Lipinski definition) is 3. The van der Waals surface area contributed by atoms with Crippen LogP contribution in [0.5, 0.6) is 0 Å². The lowest BCUT2D eigenvalue weighted by Crippen LogP contribution is -2.02. The van der Waals surface area contributed by atoms with Gasteiger partial charge in [-0.1, -0.05) is 24.3 Å². The molecule has 3 N–H and O–H groups in total. The molecule has 0 aliphatic carbocycles. The number of para-hydroxylation sites is 1. The van der Waals surface area contributed by atoms with Crippen molar-refractivity contribution in [3.8, 4) is 0 Å². The maximum absolute atomic E-state index is 11.3. The standard InChI is InChI=1S/C21H23N3O3/c1-27-21(26)11-9-16-6-2-3-7-17(16)22-14-20-23-18-10-8-15(5-4-12-25)13-19(18)24-20/h2-3,6-11,13,22,25H,4-5,12,14H2,1H3,(H,23,24). The number of benzene rings is 2. The summed E-state index contributed by atoms with van der Waals surface area (Å²) in [5.41, 5.74) is 4.88. The SMILES string of the molecule is COC(=O)C=Cc1ccccc1NCc1nc2ccc(CCCO)cc2[nH]1. The fraction of sp³-hybridized carbons (Fsp3) is 0.238. The molecule has 0 radical (unpaired) electrons. The highest BCUT2D eigenvalue weighted by Gasteiger charge is 2.05. The van der Waals surface area contributed by atoms with Gasteiger partial charge in [0, 0.05) is 18.4 Å². The molecule has 0 unspecified atom stereocenters. The number of carbonyl (C=O) groups excluding carboxylic acids is 1. The van der Waals surface area contributed by atoms with Gasteiger partial charge in [-0.25, -0.2) is 9.78 Å². The Labute approximate surface area is 157 Å². The molecule has 0 aliphatic heterocycles. The number of imidazole rings is 1. The molecule has 0 saturated carbocycles. The molecule has 0 bridgehead atoms. The number of aromatic nitrogens is 2. The van der Waals surface area contributed by atoms with Crippen molar-refractivity contribution < 1.29 is 14.6 Å². The van der Waals surface area contributed by atoms with Gasteiger partial charge in [0.05, 0.1) is 24.7 Å². The zero-order valence-electron chi connectivity index (χ0n) is 15.2. The average Bonchev–Trinajstić information content (AvgIpc) is 3.11. The van der Waals surface area contributed by atoms with Crippen LogP contribution in [-0.4, -0.2) is 34.8 Å². The number of methoxy groups -OCH3 is 1. The zero-order chi connectivity index (χ0) is 19.1. The van der Waals surface area contributed by atoms with E-state index in [1.54, 1.807) is 6.08 Å². The van der Waals surface area contributed by atoms with Crippen molar-refractivity contribution >= 4 is 28.8 Å². The van der Waals surface area contributed by atoms with Crippen LogP contribution < -0.4 is 5.32 Å². The number of aromatic amines is 1. The van der Waals surface area contributed by atoms with Crippen molar-refractivity contribution in [3.63, 3.8) is 0 Å². The van der Waals surface area contributed by atoms with Crippen LogP contribution in [0.4, 0.5) is 5.69 Å². The predicted octanol–water partition coefficient (Wildman–Crippen LogP) is 3.29. The van der Waals surface area contributed by atoms with E-state index in [0.29, 0.717) is 6.54 Å². The van der Waals surface area contributed by atoms with Gasteiger partial charge >= 0.3 is 5.97 Å². The first-order valence-electron chi connectivity index (χ1n) is 8.87. The van der Waals surface area contributed by atoms with Gasteiger partial charge in [-0.05, 0) is 48.2 Å². The van der Waals surface area contributed by atoms with Gasteiger partial charge in [0.15, 0.2) is 0 Å². The van der Waals surface area contributed by atoms with E-state index >= 15 is 0 Å². The molecule has 27 heavy (non-hydrogen) atoms. The molecular formula is C21H23N3O3. The lowest BCUT2D eigenvalue weighted by Gasteiger charge is -2.08. The van der Waals surface area contributed by atoms with Crippen molar-refractivity contribution in [3.05, 3.63) is 65.5 Å². The second-order valence-electron chi connectivity index (χ2n) is 6.16. The van der Waals surface area contributed by atoms with Crippen LogP contribution in [0.1, 0.15) is 23.4 Å². The van der Waals surface area contributed by atoms with Gasteiger partial charge < -0.3 is 20.1 Å². The number of aliphatic hydroxyl groups is 1. The molecule has 0 atom stereocenters.